The second-order valence-corrected chi connectivity index (χ2v) is 11.1. The standard InChI is InChI=1S/C29H36N4O3S/c1-6-36-29(35)26-17-32(25-15-10-22(11-16-25)9-14-24-18-37-21(5)30-24)31-27(26)33(19(2)3)28(34)23-12-7-20(4)8-13-23/h9-11,14-20,23H,6-8,12-13H2,1-5H3/b14-9+/t20-,23-. The molecule has 2 heterocycles. The van der Waals surface area contributed by atoms with E-state index in [1.165, 1.54) is 0 Å². The highest BCUT2D eigenvalue weighted by Gasteiger charge is 2.34. The van der Waals surface area contributed by atoms with E-state index in [9.17, 15) is 9.59 Å². The van der Waals surface area contributed by atoms with Gasteiger partial charge in [-0.25, -0.2) is 14.5 Å². The van der Waals surface area contributed by atoms with Crippen LogP contribution < -0.4 is 4.90 Å². The van der Waals surface area contributed by atoms with Gasteiger partial charge in [0.2, 0.25) is 5.91 Å². The van der Waals surface area contributed by atoms with E-state index in [2.05, 4.69) is 11.9 Å². The molecule has 0 radical (unpaired) electrons. The summed E-state index contributed by atoms with van der Waals surface area (Å²) in [6, 6.07) is 7.73. The van der Waals surface area contributed by atoms with Gasteiger partial charge in [-0.05, 0) is 83.1 Å². The predicted octanol–water partition coefficient (Wildman–Crippen LogP) is 6.55. The molecule has 0 bridgehead atoms. The first kappa shape index (κ1) is 26.8. The van der Waals surface area contributed by atoms with Crippen molar-refractivity contribution in [2.45, 2.75) is 66.3 Å². The van der Waals surface area contributed by atoms with E-state index < -0.39 is 5.97 Å². The number of benzene rings is 1. The second kappa shape index (κ2) is 11.9. The fourth-order valence-corrected chi connectivity index (χ4v) is 5.29. The zero-order valence-corrected chi connectivity index (χ0v) is 23.1. The number of aromatic nitrogens is 3. The van der Waals surface area contributed by atoms with E-state index in [-0.39, 0.29) is 24.5 Å². The maximum absolute atomic E-state index is 13.7. The summed E-state index contributed by atoms with van der Waals surface area (Å²) in [7, 11) is 0. The van der Waals surface area contributed by atoms with Crippen LogP contribution in [-0.4, -0.2) is 39.3 Å². The highest BCUT2D eigenvalue weighted by Crippen LogP contribution is 2.33. The number of hydrogen-bond donors (Lipinski definition) is 0. The third-order valence-corrected chi connectivity index (χ3v) is 7.57. The molecule has 1 aromatic carbocycles. The van der Waals surface area contributed by atoms with Gasteiger partial charge in [0.25, 0.3) is 0 Å². The summed E-state index contributed by atoms with van der Waals surface area (Å²) in [5, 5.41) is 7.82. The van der Waals surface area contributed by atoms with Gasteiger partial charge in [0.05, 0.1) is 23.0 Å². The lowest BCUT2D eigenvalue weighted by molar-refractivity contribution is -0.124. The highest BCUT2D eigenvalue weighted by atomic mass is 32.1. The molecule has 0 saturated heterocycles. The molecule has 4 rings (SSSR count). The molecule has 1 aliphatic carbocycles. The van der Waals surface area contributed by atoms with Gasteiger partial charge in [-0.3, -0.25) is 9.69 Å². The Morgan fingerprint density at radius 2 is 1.86 bits per heavy atom. The SMILES string of the molecule is CCOC(=O)c1cn(-c2ccc(/C=C/c3csc(C)n3)cc2)nc1N(C(=O)[C@H]1CC[C@H](C)CC1)C(C)C. The summed E-state index contributed by atoms with van der Waals surface area (Å²) in [5.41, 5.74) is 3.06. The monoisotopic (exact) mass is 520 g/mol. The fraction of sp³-hybridized carbons (Fsp3) is 0.448. The number of hydrogen-bond acceptors (Lipinski definition) is 6. The van der Waals surface area contributed by atoms with Gasteiger partial charge in [0, 0.05) is 23.5 Å². The minimum atomic E-state index is -0.474. The fourth-order valence-electron chi connectivity index (χ4n) is 4.71. The van der Waals surface area contributed by atoms with Gasteiger partial charge >= 0.3 is 5.97 Å². The molecule has 0 N–H and O–H groups in total. The van der Waals surface area contributed by atoms with Crippen LogP contribution in [0.2, 0.25) is 0 Å². The molecular weight excluding hydrogens is 484 g/mol. The molecule has 7 nitrogen and oxygen atoms in total. The number of nitrogens with zero attached hydrogens (tertiary/aromatic N) is 4. The van der Waals surface area contributed by atoms with Crippen molar-refractivity contribution >= 4 is 41.2 Å². The zero-order chi connectivity index (χ0) is 26.5. The molecule has 1 saturated carbocycles. The molecule has 3 aromatic rings. The molecule has 37 heavy (non-hydrogen) atoms. The molecule has 196 valence electrons. The first-order valence-electron chi connectivity index (χ1n) is 13.1. The minimum Gasteiger partial charge on any atom is -0.462 e. The van der Waals surface area contributed by atoms with Gasteiger partial charge in [-0.2, -0.15) is 0 Å². The van der Waals surface area contributed by atoms with E-state index >= 15 is 0 Å². The van der Waals surface area contributed by atoms with Crippen LogP contribution in [0, 0.1) is 18.8 Å². The van der Waals surface area contributed by atoms with Crippen LogP contribution >= 0.6 is 11.3 Å². The van der Waals surface area contributed by atoms with E-state index in [4.69, 9.17) is 9.84 Å². The molecule has 8 heteroatoms. The lowest BCUT2D eigenvalue weighted by atomic mass is 9.82. The topological polar surface area (TPSA) is 77.3 Å². The Morgan fingerprint density at radius 1 is 1.16 bits per heavy atom. The normalized spacial score (nSPS) is 17.9. The summed E-state index contributed by atoms with van der Waals surface area (Å²) < 4.78 is 6.99. The largest absolute Gasteiger partial charge is 0.462 e. The third kappa shape index (κ3) is 6.36. The maximum atomic E-state index is 13.7. The Balaban J connectivity index is 1.64. The van der Waals surface area contributed by atoms with E-state index in [0.29, 0.717) is 17.3 Å². The molecule has 0 atom stereocenters. The van der Waals surface area contributed by atoms with Crippen molar-refractivity contribution in [1.29, 1.82) is 0 Å². The summed E-state index contributed by atoms with van der Waals surface area (Å²) in [5.74, 6) is 0.522. The van der Waals surface area contributed by atoms with Crippen molar-refractivity contribution in [3.05, 3.63) is 57.7 Å². The lowest BCUT2D eigenvalue weighted by Gasteiger charge is -2.32. The first-order chi connectivity index (χ1) is 17.8. The van der Waals surface area contributed by atoms with Crippen molar-refractivity contribution < 1.29 is 14.3 Å². The lowest BCUT2D eigenvalue weighted by Crippen LogP contribution is -2.43. The molecule has 0 spiro atoms. The number of aryl methyl sites for hydroxylation is 1. The molecular formula is C29H36N4O3S. The molecule has 1 fully saturated rings. The Morgan fingerprint density at radius 3 is 2.46 bits per heavy atom. The summed E-state index contributed by atoms with van der Waals surface area (Å²) in [6.07, 6.45) is 9.50. The molecule has 2 aromatic heterocycles. The Kier molecular flexibility index (Phi) is 8.59. The summed E-state index contributed by atoms with van der Waals surface area (Å²) >= 11 is 1.62. The Hall–Kier alpha value is -3.26. The van der Waals surface area contributed by atoms with E-state index in [0.717, 1.165) is 47.6 Å². The van der Waals surface area contributed by atoms with Gasteiger partial charge in [0.1, 0.15) is 5.56 Å². The van der Waals surface area contributed by atoms with Gasteiger partial charge in [0.15, 0.2) is 5.82 Å². The smallest absolute Gasteiger partial charge is 0.343 e. The van der Waals surface area contributed by atoms with Crippen LogP contribution in [-0.2, 0) is 9.53 Å². The number of rotatable bonds is 8. The zero-order valence-electron chi connectivity index (χ0n) is 22.3. The van der Waals surface area contributed by atoms with Crippen molar-refractivity contribution in [1.82, 2.24) is 14.8 Å². The van der Waals surface area contributed by atoms with Gasteiger partial charge in [-0.1, -0.05) is 25.1 Å². The van der Waals surface area contributed by atoms with Crippen LogP contribution in [0.25, 0.3) is 17.8 Å². The highest BCUT2D eigenvalue weighted by molar-refractivity contribution is 7.09. The van der Waals surface area contributed by atoms with Crippen LogP contribution in [0.5, 0.6) is 0 Å². The number of esters is 1. The van der Waals surface area contributed by atoms with E-state index in [1.54, 1.807) is 34.0 Å². The van der Waals surface area contributed by atoms with Crippen LogP contribution in [0.15, 0.2) is 35.8 Å². The Bertz CT molecular complexity index is 1250. The number of thiazole rings is 1. The third-order valence-electron chi connectivity index (χ3n) is 6.78. The minimum absolute atomic E-state index is 0.0375. The average Bonchev–Trinajstić information content (AvgIpc) is 3.50. The van der Waals surface area contributed by atoms with Crippen molar-refractivity contribution in [3.8, 4) is 5.69 Å². The maximum Gasteiger partial charge on any atom is 0.343 e. The number of ether oxygens (including phenoxy) is 1. The van der Waals surface area contributed by atoms with E-state index in [1.807, 2.05) is 62.6 Å². The van der Waals surface area contributed by atoms with Crippen molar-refractivity contribution in [3.63, 3.8) is 0 Å². The molecule has 1 aliphatic rings. The summed E-state index contributed by atoms with van der Waals surface area (Å²) in [4.78, 5) is 32.7. The molecule has 0 unspecified atom stereocenters. The quantitative estimate of drug-likeness (QED) is 0.315. The number of carbonyl (C=O) groups is 2. The van der Waals surface area contributed by atoms with Gasteiger partial charge < -0.3 is 4.74 Å². The first-order valence-corrected chi connectivity index (χ1v) is 13.9. The second-order valence-electron chi connectivity index (χ2n) is 10.0. The van der Waals surface area contributed by atoms with Crippen LogP contribution in [0.4, 0.5) is 5.82 Å². The van der Waals surface area contributed by atoms with Crippen LogP contribution in [0.3, 0.4) is 0 Å². The average molecular weight is 521 g/mol. The number of carbonyl (C=O) groups excluding carboxylic acids is 2. The molecule has 0 aliphatic heterocycles. The Labute approximate surface area is 223 Å². The molecule has 1 amide bonds. The van der Waals surface area contributed by atoms with Crippen LogP contribution in [0.1, 0.15) is 80.0 Å². The number of amides is 1. The predicted molar refractivity (Wildman–Crippen MR) is 149 cm³/mol. The van der Waals surface area contributed by atoms with Crippen molar-refractivity contribution in [2.75, 3.05) is 11.5 Å². The number of anilines is 1. The van der Waals surface area contributed by atoms with Gasteiger partial charge in [-0.15, -0.1) is 16.4 Å². The van der Waals surface area contributed by atoms with Crippen molar-refractivity contribution in [2.24, 2.45) is 11.8 Å². The summed E-state index contributed by atoms with van der Waals surface area (Å²) in [6.45, 7) is 10.2.